The third-order valence-electron chi connectivity index (χ3n) is 7.83. The molecular weight excluding hydrogens is 472 g/mol. The van der Waals surface area contributed by atoms with E-state index >= 15 is 0 Å². The number of nitrogens with one attached hydrogen (secondary N) is 3. The number of ether oxygens (including phenoxy) is 1. The number of phenolic OH excluding ortho intramolecular Hbond substituents is 1. The Bertz CT molecular complexity index is 1780. The number of aromatic amines is 1. The van der Waals surface area contributed by atoms with Crippen molar-refractivity contribution in [2.45, 2.75) is 51.3 Å². The van der Waals surface area contributed by atoms with Crippen LogP contribution < -0.4 is 10.6 Å². The summed E-state index contributed by atoms with van der Waals surface area (Å²) < 4.78 is 8.40. The molecule has 0 radical (unpaired) electrons. The number of H-pyrrole nitrogens is 1. The lowest BCUT2D eigenvalue weighted by Gasteiger charge is -2.39. The van der Waals surface area contributed by atoms with Crippen LogP contribution in [0.3, 0.4) is 0 Å². The molecule has 4 atom stereocenters. The second-order valence-electron chi connectivity index (χ2n) is 10.1. The number of carbonyl (C=O) groups is 2. The number of aromatic hydroxyl groups is 1. The van der Waals surface area contributed by atoms with Crippen LogP contribution in [0.1, 0.15) is 42.4 Å². The van der Waals surface area contributed by atoms with Crippen molar-refractivity contribution < 1.29 is 24.5 Å². The molecule has 0 bridgehead atoms. The third-order valence-corrected chi connectivity index (χ3v) is 7.83. The highest BCUT2D eigenvalue weighted by molar-refractivity contribution is 6.30. The minimum Gasteiger partial charge on any atom is -0.508 e. The van der Waals surface area contributed by atoms with Gasteiger partial charge in [-0.1, -0.05) is 18.2 Å². The van der Waals surface area contributed by atoms with Crippen LogP contribution in [0.25, 0.3) is 43.6 Å². The molecule has 188 valence electrons. The third kappa shape index (κ3) is 3.04. The Kier molecular flexibility index (Phi) is 4.61. The number of aromatic nitrogens is 2. The molecule has 2 aliphatic heterocycles. The molecule has 5 aromatic rings. The lowest BCUT2D eigenvalue weighted by molar-refractivity contribution is -0.152. The van der Waals surface area contributed by atoms with Gasteiger partial charge < -0.3 is 35.1 Å². The van der Waals surface area contributed by atoms with Crippen LogP contribution in [-0.2, 0) is 16.1 Å². The van der Waals surface area contributed by atoms with Crippen molar-refractivity contribution in [3.63, 3.8) is 0 Å². The van der Waals surface area contributed by atoms with Crippen LogP contribution >= 0.6 is 0 Å². The molecule has 7 rings (SSSR count). The quantitative estimate of drug-likeness (QED) is 0.254. The number of para-hydroxylation sites is 1. The van der Waals surface area contributed by atoms with E-state index in [1.165, 1.54) is 6.92 Å². The summed E-state index contributed by atoms with van der Waals surface area (Å²) in [5.41, 5.74) is 4.94. The van der Waals surface area contributed by atoms with E-state index in [0.29, 0.717) is 18.5 Å². The number of aliphatic hydroxyl groups is 1. The van der Waals surface area contributed by atoms with E-state index in [-0.39, 0.29) is 17.6 Å². The second-order valence-corrected chi connectivity index (χ2v) is 10.1. The van der Waals surface area contributed by atoms with Gasteiger partial charge >= 0.3 is 0 Å². The zero-order valence-corrected chi connectivity index (χ0v) is 20.3. The van der Waals surface area contributed by atoms with Gasteiger partial charge in [-0.25, -0.2) is 0 Å². The van der Waals surface area contributed by atoms with Crippen molar-refractivity contribution in [3.8, 4) is 5.75 Å². The van der Waals surface area contributed by atoms with E-state index in [1.54, 1.807) is 19.1 Å². The van der Waals surface area contributed by atoms with Crippen molar-refractivity contribution in [2.24, 2.45) is 0 Å². The number of phenols is 1. The Morgan fingerprint density at radius 1 is 1.16 bits per heavy atom. The van der Waals surface area contributed by atoms with Crippen molar-refractivity contribution in [1.29, 1.82) is 0 Å². The largest absolute Gasteiger partial charge is 0.508 e. The second kappa shape index (κ2) is 7.71. The predicted molar refractivity (Wildman–Crippen MR) is 139 cm³/mol. The van der Waals surface area contributed by atoms with Gasteiger partial charge in [-0.3, -0.25) is 9.59 Å². The maximum Gasteiger partial charge on any atom is 0.252 e. The molecule has 2 aliphatic rings. The SMILES string of the molecule is CC(=O)N[C@@H]1C[C@H](n2c3ccc(O)cc3c3c4c(c5c6ccccc6[nH]c5c32)CNC4=O)O[C@@H](C)[C@@H]1O. The van der Waals surface area contributed by atoms with Crippen LogP contribution in [-0.4, -0.2) is 49.8 Å². The van der Waals surface area contributed by atoms with Gasteiger partial charge in [-0.2, -0.15) is 0 Å². The van der Waals surface area contributed by atoms with Gasteiger partial charge in [0, 0.05) is 47.0 Å². The van der Waals surface area contributed by atoms with Crippen LogP contribution in [0.2, 0.25) is 0 Å². The van der Waals surface area contributed by atoms with Crippen LogP contribution in [0.15, 0.2) is 42.5 Å². The van der Waals surface area contributed by atoms with Gasteiger partial charge in [0.1, 0.15) is 18.1 Å². The topological polar surface area (TPSA) is 129 Å². The Morgan fingerprint density at radius 3 is 2.78 bits per heavy atom. The maximum absolute atomic E-state index is 13.3. The highest BCUT2D eigenvalue weighted by Gasteiger charge is 2.39. The first-order valence-corrected chi connectivity index (χ1v) is 12.4. The summed E-state index contributed by atoms with van der Waals surface area (Å²) in [4.78, 5) is 28.8. The monoisotopic (exact) mass is 498 g/mol. The van der Waals surface area contributed by atoms with Crippen LogP contribution in [0.5, 0.6) is 5.75 Å². The van der Waals surface area contributed by atoms with Crippen molar-refractivity contribution >= 4 is 55.4 Å². The van der Waals surface area contributed by atoms with Gasteiger partial charge in [0.25, 0.3) is 5.91 Å². The normalized spacial score (nSPS) is 23.7. The lowest BCUT2D eigenvalue weighted by Crippen LogP contribution is -2.53. The molecule has 37 heavy (non-hydrogen) atoms. The zero-order chi connectivity index (χ0) is 25.6. The Hall–Kier alpha value is -4.08. The average Bonchev–Trinajstić information content (AvgIpc) is 3.52. The number of fused-ring (bicyclic) bond motifs is 10. The lowest BCUT2D eigenvalue weighted by atomic mass is 9.96. The first-order valence-electron chi connectivity index (χ1n) is 12.4. The molecule has 9 heteroatoms. The number of rotatable bonds is 2. The Labute approximate surface area is 211 Å². The highest BCUT2D eigenvalue weighted by atomic mass is 16.5. The van der Waals surface area contributed by atoms with E-state index in [4.69, 9.17) is 4.74 Å². The fraction of sp³-hybridized carbons (Fsp3) is 0.286. The smallest absolute Gasteiger partial charge is 0.252 e. The van der Waals surface area contributed by atoms with E-state index < -0.39 is 24.5 Å². The summed E-state index contributed by atoms with van der Waals surface area (Å²) in [6, 6.07) is 12.6. The van der Waals surface area contributed by atoms with Crippen LogP contribution in [0, 0.1) is 0 Å². The van der Waals surface area contributed by atoms with E-state index in [9.17, 15) is 19.8 Å². The highest BCUT2D eigenvalue weighted by Crippen LogP contribution is 2.46. The van der Waals surface area contributed by atoms with Crippen LogP contribution in [0.4, 0.5) is 0 Å². The predicted octanol–water partition coefficient (Wildman–Crippen LogP) is 3.55. The Morgan fingerprint density at radius 2 is 1.97 bits per heavy atom. The summed E-state index contributed by atoms with van der Waals surface area (Å²) >= 11 is 0. The van der Waals surface area contributed by atoms with Gasteiger partial charge in [0.2, 0.25) is 5.91 Å². The number of benzene rings is 3. The summed E-state index contributed by atoms with van der Waals surface area (Å²) in [6.45, 7) is 3.64. The summed E-state index contributed by atoms with van der Waals surface area (Å²) in [5.74, 6) is -0.282. The maximum atomic E-state index is 13.3. The number of amides is 2. The molecule has 0 aliphatic carbocycles. The fourth-order valence-electron chi connectivity index (χ4n) is 6.33. The van der Waals surface area contributed by atoms with E-state index in [2.05, 4.69) is 15.6 Å². The van der Waals surface area contributed by atoms with Gasteiger partial charge in [0.15, 0.2) is 0 Å². The molecule has 5 N–H and O–H groups in total. The van der Waals surface area contributed by atoms with E-state index in [1.807, 2.05) is 34.9 Å². The first-order chi connectivity index (χ1) is 17.8. The fourth-order valence-corrected chi connectivity index (χ4v) is 6.33. The van der Waals surface area contributed by atoms with Gasteiger partial charge in [-0.15, -0.1) is 0 Å². The van der Waals surface area contributed by atoms with Gasteiger partial charge in [-0.05, 0) is 36.8 Å². The molecule has 0 spiro atoms. The molecule has 1 saturated heterocycles. The zero-order valence-electron chi connectivity index (χ0n) is 20.3. The molecule has 9 nitrogen and oxygen atoms in total. The molecule has 0 unspecified atom stereocenters. The number of hydrogen-bond donors (Lipinski definition) is 5. The molecule has 3 aromatic carbocycles. The van der Waals surface area contributed by atoms with E-state index in [0.717, 1.165) is 49.2 Å². The van der Waals surface area contributed by atoms with Gasteiger partial charge in [0.05, 0.1) is 34.3 Å². The number of nitrogens with zero attached hydrogens (tertiary/aromatic N) is 1. The summed E-state index contributed by atoms with van der Waals surface area (Å²) in [6.07, 6.45) is -1.62. The molecule has 1 fully saturated rings. The number of hydrogen-bond acceptors (Lipinski definition) is 5. The minimum absolute atomic E-state index is 0.0972. The molecule has 0 saturated carbocycles. The minimum atomic E-state index is -0.861. The average molecular weight is 499 g/mol. The number of carbonyl (C=O) groups excluding carboxylic acids is 2. The molecular formula is C28H26N4O5. The van der Waals surface area contributed by atoms with Crippen molar-refractivity contribution in [1.82, 2.24) is 20.2 Å². The summed E-state index contributed by atoms with van der Waals surface area (Å²) in [5, 5.41) is 30.5. The molecule has 2 amide bonds. The van der Waals surface area contributed by atoms with Crippen molar-refractivity contribution in [2.75, 3.05) is 0 Å². The first kappa shape index (κ1) is 22.1. The number of aliphatic hydroxyl groups excluding tert-OH is 1. The molecule has 2 aromatic heterocycles. The van der Waals surface area contributed by atoms with Crippen molar-refractivity contribution in [3.05, 3.63) is 53.6 Å². The standard InChI is InChI=1S/C28H26N4O5/c1-12-27(35)19(30-13(2)33)10-21(37-12)32-20-8-7-14(34)9-16(20)23-24-17(11-29-28(24)36)22-15-5-3-4-6-18(15)31-25(22)26(23)32/h3-9,12,19,21,27,31,34-35H,10-11H2,1-2H3,(H,29,36)(H,30,33)/t12-,19+,21+,27-/m0/s1. The summed E-state index contributed by atoms with van der Waals surface area (Å²) in [7, 11) is 0. The Balaban J connectivity index is 1.63. The molecule has 4 heterocycles.